The number of Topliss-reactive ketones (excluding diaryl/α,β-unsaturated/α-hetero) is 1. The zero-order valence-electron chi connectivity index (χ0n) is 16.0. The highest BCUT2D eigenvalue weighted by molar-refractivity contribution is 6.46. The molecule has 2 N–H and O–H groups in total. The van der Waals surface area contributed by atoms with Crippen LogP contribution < -0.4 is 0 Å². The van der Waals surface area contributed by atoms with E-state index in [1.807, 2.05) is 0 Å². The van der Waals surface area contributed by atoms with Gasteiger partial charge in [-0.2, -0.15) is 0 Å². The summed E-state index contributed by atoms with van der Waals surface area (Å²) in [6.45, 7) is -0.0817. The molecule has 0 radical (unpaired) electrons. The van der Waals surface area contributed by atoms with Crippen molar-refractivity contribution >= 4 is 40.7 Å². The topological polar surface area (TPSA) is 138 Å². The van der Waals surface area contributed by atoms with Crippen LogP contribution in [0.2, 0.25) is 5.02 Å². The SMILES string of the molecule is O=C(O)CCCN1C(=O)C(=O)/C(=C(/O)c2ccc(Cl)cc2)C1c1cccc([N+](=O)[O-])c1. The molecule has 10 heteroatoms. The van der Waals surface area contributed by atoms with Crippen LogP contribution in [-0.2, 0) is 14.4 Å². The van der Waals surface area contributed by atoms with E-state index in [0.717, 1.165) is 4.90 Å². The van der Waals surface area contributed by atoms with Crippen LogP contribution in [-0.4, -0.2) is 44.2 Å². The predicted molar refractivity (Wildman–Crippen MR) is 110 cm³/mol. The van der Waals surface area contributed by atoms with Crippen LogP contribution in [0, 0.1) is 10.1 Å². The molecule has 1 aliphatic heterocycles. The van der Waals surface area contributed by atoms with E-state index in [4.69, 9.17) is 16.7 Å². The van der Waals surface area contributed by atoms with E-state index in [1.54, 1.807) is 0 Å². The number of hydrogen-bond acceptors (Lipinski definition) is 6. The van der Waals surface area contributed by atoms with E-state index in [1.165, 1.54) is 48.5 Å². The maximum atomic E-state index is 12.8. The number of ketones is 1. The monoisotopic (exact) mass is 444 g/mol. The van der Waals surface area contributed by atoms with Gasteiger partial charge < -0.3 is 15.1 Å². The molecule has 0 saturated carbocycles. The quantitative estimate of drug-likeness (QED) is 0.219. The van der Waals surface area contributed by atoms with E-state index in [2.05, 4.69) is 0 Å². The average molecular weight is 445 g/mol. The van der Waals surface area contributed by atoms with Crippen LogP contribution in [0.3, 0.4) is 0 Å². The summed E-state index contributed by atoms with van der Waals surface area (Å²) >= 11 is 5.87. The van der Waals surface area contributed by atoms with Crippen LogP contribution >= 0.6 is 11.6 Å². The second-order valence-corrected chi connectivity index (χ2v) is 7.29. The third-order valence-electron chi connectivity index (χ3n) is 4.84. The first-order valence-electron chi connectivity index (χ1n) is 9.21. The number of non-ortho nitro benzene ring substituents is 1. The van der Waals surface area contributed by atoms with Crippen molar-refractivity contribution in [3.63, 3.8) is 0 Å². The molecule has 1 atom stereocenters. The smallest absolute Gasteiger partial charge is 0.303 e. The number of benzene rings is 2. The largest absolute Gasteiger partial charge is 0.507 e. The van der Waals surface area contributed by atoms with Crippen molar-refractivity contribution in [2.24, 2.45) is 0 Å². The average Bonchev–Trinajstić information content (AvgIpc) is 2.98. The van der Waals surface area contributed by atoms with Crippen LogP contribution in [0.5, 0.6) is 0 Å². The van der Waals surface area contributed by atoms with E-state index in [-0.39, 0.29) is 41.8 Å². The highest BCUT2D eigenvalue weighted by Crippen LogP contribution is 2.40. The Morgan fingerprint density at radius 1 is 1.13 bits per heavy atom. The number of aliphatic hydroxyl groups excluding tert-OH is 1. The zero-order chi connectivity index (χ0) is 22.7. The molecular weight excluding hydrogens is 428 g/mol. The second kappa shape index (κ2) is 8.97. The molecule has 1 saturated heterocycles. The first-order chi connectivity index (χ1) is 14.7. The maximum absolute atomic E-state index is 12.8. The molecule has 1 heterocycles. The van der Waals surface area contributed by atoms with Gasteiger partial charge in [-0.3, -0.25) is 24.5 Å². The summed E-state index contributed by atoms with van der Waals surface area (Å²) in [4.78, 5) is 48.1. The molecule has 0 aromatic heterocycles. The molecule has 160 valence electrons. The standard InChI is InChI=1S/C21H17ClN2O7/c22-14-8-6-12(7-9-14)19(27)17-18(13-3-1-4-15(11-13)24(30)31)23(21(29)20(17)28)10-2-5-16(25)26/h1,3-4,6-9,11,18,27H,2,5,10H2,(H,25,26)/b19-17+. The van der Waals surface area contributed by atoms with Gasteiger partial charge in [0.2, 0.25) is 0 Å². The second-order valence-electron chi connectivity index (χ2n) is 6.85. The number of carbonyl (C=O) groups is 3. The summed E-state index contributed by atoms with van der Waals surface area (Å²) in [5, 5.41) is 31.4. The van der Waals surface area contributed by atoms with E-state index >= 15 is 0 Å². The van der Waals surface area contributed by atoms with Crippen molar-refractivity contribution in [2.45, 2.75) is 18.9 Å². The molecule has 3 rings (SSSR count). The molecule has 0 aliphatic carbocycles. The van der Waals surface area contributed by atoms with Crippen molar-refractivity contribution in [2.75, 3.05) is 6.54 Å². The molecule has 9 nitrogen and oxygen atoms in total. The van der Waals surface area contributed by atoms with Gasteiger partial charge >= 0.3 is 5.97 Å². The number of amides is 1. The van der Waals surface area contributed by atoms with Crippen molar-refractivity contribution in [3.8, 4) is 0 Å². The molecule has 1 aliphatic rings. The number of hydrogen-bond donors (Lipinski definition) is 2. The minimum absolute atomic E-state index is 0.0643. The van der Waals surface area contributed by atoms with Crippen molar-refractivity contribution in [1.82, 2.24) is 4.90 Å². The third-order valence-corrected chi connectivity index (χ3v) is 5.10. The molecule has 2 aromatic carbocycles. The number of nitro groups is 1. The molecule has 1 amide bonds. The van der Waals surface area contributed by atoms with Gasteiger partial charge in [-0.1, -0.05) is 23.7 Å². The summed E-state index contributed by atoms with van der Waals surface area (Å²) in [5.41, 5.74) is 0.00543. The number of halogens is 1. The third kappa shape index (κ3) is 4.56. The van der Waals surface area contributed by atoms with Crippen LogP contribution in [0.4, 0.5) is 5.69 Å². The first kappa shape index (κ1) is 22.0. The lowest BCUT2D eigenvalue weighted by atomic mass is 9.95. The first-order valence-corrected chi connectivity index (χ1v) is 9.59. The Morgan fingerprint density at radius 2 is 1.81 bits per heavy atom. The number of nitrogens with zero attached hydrogens (tertiary/aromatic N) is 2. The van der Waals surface area contributed by atoms with Crippen molar-refractivity contribution < 1.29 is 29.5 Å². The lowest BCUT2D eigenvalue weighted by Crippen LogP contribution is -2.31. The Bertz CT molecular complexity index is 1100. The molecule has 1 fully saturated rings. The predicted octanol–water partition coefficient (Wildman–Crippen LogP) is 3.53. The minimum atomic E-state index is -1.11. The number of carboxylic acids is 1. The normalized spacial score (nSPS) is 17.7. The molecule has 1 unspecified atom stereocenters. The summed E-state index contributed by atoms with van der Waals surface area (Å²) < 4.78 is 0. The summed E-state index contributed by atoms with van der Waals surface area (Å²) in [5.74, 6) is -3.39. The van der Waals surface area contributed by atoms with Gasteiger partial charge in [0.15, 0.2) is 0 Å². The Balaban J connectivity index is 2.14. The fourth-order valence-electron chi connectivity index (χ4n) is 3.43. The fraction of sp³-hybridized carbons (Fsp3) is 0.190. The Kier molecular flexibility index (Phi) is 6.36. The van der Waals surface area contributed by atoms with Gasteiger partial charge in [-0.25, -0.2) is 0 Å². The summed E-state index contributed by atoms with van der Waals surface area (Å²) in [6, 6.07) is 10.2. The van der Waals surface area contributed by atoms with Gasteiger partial charge in [0, 0.05) is 35.7 Å². The van der Waals surface area contributed by atoms with Gasteiger partial charge in [-0.05, 0) is 36.2 Å². The summed E-state index contributed by atoms with van der Waals surface area (Å²) in [7, 11) is 0. The Labute approximate surface area is 181 Å². The lowest BCUT2D eigenvalue weighted by Gasteiger charge is -2.25. The molecule has 0 spiro atoms. The van der Waals surface area contributed by atoms with Crippen LogP contribution in [0.25, 0.3) is 5.76 Å². The number of likely N-dealkylation sites (tertiary alicyclic amines) is 1. The number of aliphatic hydroxyl groups is 1. The number of carbonyl (C=O) groups excluding carboxylic acids is 2. The number of aliphatic carboxylic acids is 1. The van der Waals surface area contributed by atoms with Crippen molar-refractivity contribution in [1.29, 1.82) is 0 Å². The molecule has 2 aromatic rings. The van der Waals surface area contributed by atoms with Crippen LogP contribution in [0.15, 0.2) is 54.1 Å². The Hall–Kier alpha value is -3.72. The van der Waals surface area contributed by atoms with E-state index < -0.39 is 34.4 Å². The molecular formula is C21H17ClN2O7. The fourth-order valence-corrected chi connectivity index (χ4v) is 3.56. The number of carboxylic acid groups (broad SMARTS) is 1. The lowest BCUT2D eigenvalue weighted by molar-refractivity contribution is -0.384. The Morgan fingerprint density at radius 3 is 2.42 bits per heavy atom. The zero-order valence-corrected chi connectivity index (χ0v) is 16.8. The van der Waals surface area contributed by atoms with Gasteiger partial charge in [-0.15, -0.1) is 0 Å². The highest BCUT2D eigenvalue weighted by Gasteiger charge is 2.46. The molecule has 0 bridgehead atoms. The maximum Gasteiger partial charge on any atom is 0.303 e. The van der Waals surface area contributed by atoms with Gasteiger partial charge in [0.1, 0.15) is 5.76 Å². The van der Waals surface area contributed by atoms with E-state index in [9.17, 15) is 29.6 Å². The molecule has 31 heavy (non-hydrogen) atoms. The van der Waals surface area contributed by atoms with Gasteiger partial charge in [0.25, 0.3) is 17.4 Å². The minimum Gasteiger partial charge on any atom is -0.507 e. The highest BCUT2D eigenvalue weighted by atomic mass is 35.5. The van der Waals surface area contributed by atoms with Crippen LogP contribution in [0.1, 0.15) is 30.0 Å². The van der Waals surface area contributed by atoms with Gasteiger partial charge in [0.05, 0.1) is 16.5 Å². The number of nitro benzene ring substituents is 1. The van der Waals surface area contributed by atoms with E-state index in [0.29, 0.717) is 5.02 Å². The number of rotatable bonds is 7. The van der Waals surface area contributed by atoms with Crippen molar-refractivity contribution in [3.05, 3.63) is 80.4 Å². The summed E-state index contributed by atoms with van der Waals surface area (Å²) in [6.07, 6.45) is -0.170.